The van der Waals surface area contributed by atoms with Gasteiger partial charge in [-0.3, -0.25) is 0 Å². The molecule has 2 aromatic rings. The summed E-state index contributed by atoms with van der Waals surface area (Å²) in [4.78, 5) is 0.332. The summed E-state index contributed by atoms with van der Waals surface area (Å²) in [6, 6.07) is 8.65. The summed E-state index contributed by atoms with van der Waals surface area (Å²) in [6.45, 7) is 3.62. The first-order valence-electron chi connectivity index (χ1n) is 7.16. The number of fused-ring (bicyclic) bond motifs is 1. The molecule has 1 aliphatic rings. The van der Waals surface area contributed by atoms with E-state index < -0.39 is 16.1 Å². The summed E-state index contributed by atoms with van der Waals surface area (Å²) in [5.41, 5.74) is 2.42. The molecule has 1 atom stereocenters. The van der Waals surface area contributed by atoms with E-state index in [1.807, 2.05) is 19.1 Å². The zero-order valence-electron chi connectivity index (χ0n) is 12.2. The second-order valence-electron chi connectivity index (χ2n) is 5.58. The molecule has 1 aromatic carbocycles. The SMILES string of the molecule is Cc1ccc(C(C)NS(=O)(=O)c2ccc3c(c2)CCC3)o1. The maximum absolute atomic E-state index is 12.5. The van der Waals surface area contributed by atoms with Crippen LogP contribution in [0.3, 0.4) is 0 Å². The number of benzene rings is 1. The lowest BCUT2D eigenvalue weighted by molar-refractivity contribution is 0.441. The van der Waals surface area contributed by atoms with E-state index in [4.69, 9.17) is 4.42 Å². The van der Waals surface area contributed by atoms with E-state index in [2.05, 4.69) is 4.72 Å². The lowest BCUT2D eigenvalue weighted by Crippen LogP contribution is -2.26. The van der Waals surface area contributed by atoms with Crippen LogP contribution in [0.4, 0.5) is 0 Å². The van der Waals surface area contributed by atoms with Gasteiger partial charge in [-0.15, -0.1) is 0 Å². The van der Waals surface area contributed by atoms with E-state index in [0.717, 1.165) is 30.6 Å². The van der Waals surface area contributed by atoms with Crippen LogP contribution in [0.15, 0.2) is 39.6 Å². The van der Waals surface area contributed by atoms with Gasteiger partial charge in [0.2, 0.25) is 10.0 Å². The third-order valence-electron chi connectivity index (χ3n) is 3.90. The highest BCUT2D eigenvalue weighted by Gasteiger charge is 2.22. The van der Waals surface area contributed by atoms with E-state index in [9.17, 15) is 8.42 Å². The molecule has 0 saturated carbocycles. The first-order chi connectivity index (χ1) is 9.95. The summed E-state index contributed by atoms with van der Waals surface area (Å²) < 4.78 is 33.1. The van der Waals surface area contributed by atoms with Crippen LogP contribution < -0.4 is 4.72 Å². The monoisotopic (exact) mass is 305 g/mol. The Bertz CT molecular complexity index is 762. The highest BCUT2D eigenvalue weighted by molar-refractivity contribution is 7.89. The Morgan fingerprint density at radius 1 is 1.14 bits per heavy atom. The number of furan rings is 1. The highest BCUT2D eigenvalue weighted by Crippen LogP contribution is 2.25. The summed E-state index contributed by atoms with van der Waals surface area (Å²) >= 11 is 0. The number of hydrogen-bond donors (Lipinski definition) is 1. The van der Waals surface area contributed by atoms with E-state index >= 15 is 0 Å². The van der Waals surface area contributed by atoms with Crippen LogP contribution in [0, 0.1) is 6.92 Å². The summed E-state index contributed by atoms with van der Waals surface area (Å²) in [5.74, 6) is 1.39. The van der Waals surface area contributed by atoms with Gasteiger partial charge in [-0.1, -0.05) is 6.07 Å². The number of rotatable bonds is 4. The van der Waals surface area contributed by atoms with Gasteiger partial charge < -0.3 is 4.42 Å². The minimum Gasteiger partial charge on any atom is -0.465 e. The lowest BCUT2D eigenvalue weighted by Gasteiger charge is -2.13. The van der Waals surface area contributed by atoms with Crippen molar-refractivity contribution in [2.24, 2.45) is 0 Å². The van der Waals surface area contributed by atoms with Crippen molar-refractivity contribution in [1.29, 1.82) is 0 Å². The molecule has 21 heavy (non-hydrogen) atoms. The van der Waals surface area contributed by atoms with E-state index in [0.29, 0.717) is 10.7 Å². The van der Waals surface area contributed by atoms with Crippen LogP contribution in [0.1, 0.15) is 42.0 Å². The molecule has 5 heteroatoms. The van der Waals surface area contributed by atoms with Crippen molar-refractivity contribution in [3.63, 3.8) is 0 Å². The smallest absolute Gasteiger partial charge is 0.241 e. The molecule has 0 bridgehead atoms. The number of nitrogens with one attached hydrogen (secondary N) is 1. The molecule has 1 heterocycles. The Kier molecular flexibility index (Phi) is 3.63. The van der Waals surface area contributed by atoms with Gasteiger partial charge in [-0.25, -0.2) is 13.1 Å². The average Bonchev–Trinajstić information content (AvgIpc) is 3.05. The molecule has 4 nitrogen and oxygen atoms in total. The van der Waals surface area contributed by atoms with Gasteiger partial charge in [0.25, 0.3) is 0 Å². The number of hydrogen-bond acceptors (Lipinski definition) is 3. The van der Waals surface area contributed by atoms with Gasteiger partial charge in [0.15, 0.2) is 0 Å². The Morgan fingerprint density at radius 3 is 2.62 bits per heavy atom. The number of aryl methyl sites for hydroxylation is 3. The second kappa shape index (κ2) is 5.31. The minimum atomic E-state index is -3.53. The summed E-state index contributed by atoms with van der Waals surface area (Å²) in [5, 5.41) is 0. The molecule has 0 spiro atoms. The first-order valence-corrected chi connectivity index (χ1v) is 8.64. The van der Waals surface area contributed by atoms with Gasteiger partial charge in [-0.2, -0.15) is 0 Å². The topological polar surface area (TPSA) is 59.3 Å². The van der Waals surface area contributed by atoms with Crippen LogP contribution in [-0.2, 0) is 22.9 Å². The van der Waals surface area contributed by atoms with Crippen LogP contribution in [-0.4, -0.2) is 8.42 Å². The molecule has 1 N–H and O–H groups in total. The zero-order chi connectivity index (χ0) is 15.0. The molecule has 0 aliphatic heterocycles. The quantitative estimate of drug-likeness (QED) is 0.944. The minimum absolute atomic E-state index is 0.332. The van der Waals surface area contributed by atoms with Crippen LogP contribution in [0.2, 0.25) is 0 Å². The van der Waals surface area contributed by atoms with Crippen LogP contribution in [0.25, 0.3) is 0 Å². The maximum Gasteiger partial charge on any atom is 0.241 e. The fourth-order valence-corrected chi connectivity index (χ4v) is 4.02. The van der Waals surface area contributed by atoms with Gasteiger partial charge in [0.05, 0.1) is 10.9 Å². The predicted molar refractivity (Wildman–Crippen MR) is 80.6 cm³/mol. The Balaban J connectivity index is 1.83. The normalized spacial score (nSPS) is 15.9. The lowest BCUT2D eigenvalue weighted by atomic mass is 10.1. The first kappa shape index (κ1) is 14.4. The third kappa shape index (κ3) is 2.89. The van der Waals surface area contributed by atoms with Crippen molar-refractivity contribution in [2.75, 3.05) is 0 Å². The molecule has 1 aliphatic carbocycles. The molecular weight excluding hydrogens is 286 g/mol. The maximum atomic E-state index is 12.5. The predicted octanol–water partition coefficient (Wildman–Crippen LogP) is 3.12. The fraction of sp³-hybridized carbons (Fsp3) is 0.375. The van der Waals surface area contributed by atoms with Gasteiger partial charge >= 0.3 is 0 Å². The molecule has 1 unspecified atom stereocenters. The highest BCUT2D eigenvalue weighted by atomic mass is 32.2. The Morgan fingerprint density at radius 2 is 1.90 bits per heavy atom. The fourth-order valence-electron chi connectivity index (χ4n) is 2.76. The van der Waals surface area contributed by atoms with Gasteiger partial charge in [0, 0.05) is 0 Å². The van der Waals surface area contributed by atoms with Crippen molar-refractivity contribution in [2.45, 2.75) is 44.0 Å². The largest absolute Gasteiger partial charge is 0.465 e. The molecule has 1 aromatic heterocycles. The van der Waals surface area contributed by atoms with Gasteiger partial charge in [-0.05, 0) is 68.5 Å². The molecule has 0 saturated heterocycles. The van der Waals surface area contributed by atoms with Crippen molar-refractivity contribution in [1.82, 2.24) is 4.72 Å². The average molecular weight is 305 g/mol. The molecule has 0 amide bonds. The Hall–Kier alpha value is -1.59. The van der Waals surface area contributed by atoms with Crippen LogP contribution in [0.5, 0.6) is 0 Å². The molecule has 0 radical (unpaired) electrons. The molecule has 112 valence electrons. The van der Waals surface area contributed by atoms with Crippen molar-refractivity contribution < 1.29 is 12.8 Å². The van der Waals surface area contributed by atoms with E-state index in [1.165, 1.54) is 5.56 Å². The summed E-state index contributed by atoms with van der Waals surface area (Å²) in [7, 11) is -3.53. The third-order valence-corrected chi connectivity index (χ3v) is 5.44. The standard InChI is InChI=1S/C16H19NO3S/c1-11-6-9-16(20-11)12(2)17-21(18,19)15-8-7-13-4-3-5-14(13)10-15/h6-10,12,17H,3-5H2,1-2H3. The van der Waals surface area contributed by atoms with Gasteiger partial charge in [0.1, 0.15) is 11.5 Å². The van der Waals surface area contributed by atoms with Crippen molar-refractivity contribution in [3.05, 3.63) is 53.0 Å². The van der Waals surface area contributed by atoms with Crippen molar-refractivity contribution >= 4 is 10.0 Å². The molecule has 3 rings (SSSR count). The van der Waals surface area contributed by atoms with Crippen LogP contribution >= 0.6 is 0 Å². The van der Waals surface area contributed by atoms with E-state index in [1.54, 1.807) is 25.1 Å². The number of sulfonamides is 1. The zero-order valence-corrected chi connectivity index (χ0v) is 13.0. The van der Waals surface area contributed by atoms with Crippen molar-refractivity contribution in [3.8, 4) is 0 Å². The second-order valence-corrected chi connectivity index (χ2v) is 7.29. The molecule has 0 fully saturated rings. The summed E-state index contributed by atoms with van der Waals surface area (Å²) in [6.07, 6.45) is 3.12. The van der Waals surface area contributed by atoms with E-state index in [-0.39, 0.29) is 0 Å². The Labute approximate surface area is 125 Å². The molecular formula is C16H19NO3S.